The Labute approximate surface area is 103 Å². The number of nitrogen functional groups attached to an aromatic ring is 1. The fraction of sp³-hybridized carbons (Fsp3) is 0.231. The van der Waals surface area contributed by atoms with E-state index < -0.39 is 0 Å². The Morgan fingerprint density at radius 2 is 2.11 bits per heavy atom. The largest absolute Gasteiger partial charge is 0.398 e. The van der Waals surface area contributed by atoms with E-state index in [1.54, 1.807) is 0 Å². The maximum absolute atomic E-state index is 11.8. The third-order valence-corrected chi connectivity index (χ3v) is 3.33. The second-order valence-electron chi connectivity index (χ2n) is 4.54. The highest BCUT2D eigenvalue weighted by molar-refractivity contribution is 6.01. The zero-order chi connectivity index (χ0) is 12.7. The molecule has 0 radical (unpaired) electrons. The molecule has 0 saturated carbocycles. The van der Waals surface area contributed by atoms with Gasteiger partial charge in [0, 0.05) is 28.7 Å². The first-order valence-electron chi connectivity index (χ1n) is 5.86. The summed E-state index contributed by atoms with van der Waals surface area (Å²) >= 11 is 0. The number of hydrogen-bond donors (Lipinski definition) is 3. The van der Waals surface area contributed by atoms with Gasteiger partial charge in [-0.15, -0.1) is 0 Å². The van der Waals surface area contributed by atoms with E-state index in [-0.39, 0.29) is 17.7 Å². The zero-order valence-corrected chi connectivity index (χ0v) is 9.69. The summed E-state index contributed by atoms with van der Waals surface area (Å²) in [7, 11) is 0. The van der Waals surface area contributed by atoms with Crippen molar-refractivity contribution in [1.29, 1.82) is 0 Å². The van der Waals surface area contributed by atoms with Crippen molar-refractivity contribution in [3.63, 3.8) is 0 Å². The van der Waals surface area contributed by atoms with Crippen molar-refractivity contribution in [2.45, 2.75) is 18.8 Å². The van der Waals surface area contributed by atoms with Crippen LogP contribution < -0.4 is 11.1 Å². The van der Waals surface area contributed by atoms with Gasteiger partial charge in [-0.3, -0.25) is 14.9 Å². The molecule has 1 aromatic carbocycles. The van der Waals surface area contributed by atoms with Gasteiger partial charge in [-0.05, 0) is 24.6 Å². The first kappa shape index (κ1) is 10.8. The molecule has 4 N–H and O–H groups in total. The minimum Gasteiger partial charge on any atom is -0.398 e. The van der Waals surface area contributed by atoms with Gasteiger partial charge in [-0.25, -0.2) is 0 Å². The van der Waals surface area contributed by atoms with Crippen molar-refractivity contribution in [2.75, 3.05) is 5.73 Å². The number of nitrogens with two attached hydrogens (primary N) is 1. The molecule has 5 heteroatoms. The third-order valence-electron chi connectivity index (χ3n) is 3.33. The quantitative estimate of drug-likeness (QED) is 0.520. The molecule has 5 nitrogen and oxygen atoms in total. The van der Waals surface area contributed by atoms with E-state index >= 15 is 0 Å². The second kappa shape index (κ2) is 3.87. The molecule has 2 amide bonds. The van der Waals surface area contributed by atoms with E-state index in [1.807, 2.05) is 24.3 Å². The van der Waals surface area contributed by atoms with Gasteiger partial charge in [0.25, 0.3) is 0 Å². The summed E-state index contributed by atoms with van der Waals surface area (Å²) in [6.07, 6.45) is 0.915. The predicted molar refractivity (Wildman–Crippen MR) is 67.8 cm³/mol. The van der Waals surface area contributed by atoms with Crippen LogP contribution in [-0.2, 0) is 9.59 Å². The van der Waals surface area contributed by atoms with E-state index in [1.165, 1.54) is 0 Å². The summed E-state index contributed by atoms with van der Waals surface area (Å²) in [5, 5.41) is 3.27. The van der Waals surface area contributed by atoms with Gasteiger partial charge in [-0.1, -0.05) is 6.07 Å². The predicted octanol–water partition coefficient (Wildman–Crippen LogP) is 1.27. The molecule has 0 bridgehead atoms. The minimum atomic E-state index is -0.297. The Morgan fingerprint density at radius 3 is 2.83 bits per heavy atom. The Kier molecular flexibility index (Phi) is 2.33. The summed E-state index contributed by atoms with van der Waals surface area (Å²) in [6, 6.07) is 7.50. The number of rotatable bonds is 1. The number of hydrogen-bond acceptors (Lipinski definition) is 3. The van der Waals surface area contributed by atoms with Crippen LogP contribution in [0.1, 0.15) is 24.5 Å². The van der Waals surface area contributed by atoms with E-state index in [9.17, 15) is 9.59 Å². The van der Waals surface area contributed by atoms with Crippen LogP contribution in [0.15, 0.2) is 24.3 Å². The van der Waals surface area contributed by atoms with Gasteiger partial charge in [0.05, 0.1) is 5.92 Å². The number of amides is 2. The number of benzene rings is 1. The monoisotopic (exact) mass is 243 g/mol. The molecule has 3 rings (SSSR count). The molecule has 0 aliphatic carbocycles. The number of carbonyl (C=O) groups excluding carboxylic acids is 2. The van der Waals surface area contributed by atoms with Crippen LogP contribution in [0.4, 0.5) is 5.69 Å². The summed E-state index contributed by atoms with van der Waals surface area (Å²) < 4.78 is 0. The number of aromatic nitrogens is 1. The van der Waals surface area contributed by atoms with Crippen LogP contribution in [-0.4, -0.2) is 16.8 Å². The van der Waals surface area contributed by atoms with Crippen molar-refractivity contribution in [3.05, 3.63) is 30.0 Å². The number of H-pyrrole nitrogens is 1. The number of fused-ring (bicyclic) bond motifs is 1. The van der Waals surface area contributed by atoms with Crippen molar-refractivity contribution in [2.24, 2.45) is 0 Å². The lowest BCUT2D eigenvalue weighted by molar-refractivity contribution is -0.134. The average molecular weight is 243 g/mol. The molecule has 18 heavy (non-hydrogen) atoms. The van der Waals surface area contributed by atoms with Gasteiger partial charge in [0.1, 0.15) is 0 Å². The first-order valence-corrected chi connectivity index (χ1v) is 5.86. The average Bonchev–Trinajstić information content (AvgIpc) is 2.74. The minimum absolute atomic E-state index is 0.202. The van der Waals surface area contributed by atoms with Gasteiger partial charge in [-0.2, -0.15) is 0 Å². The molecule has 1 atom stereocenters. The summed E-state index contributed by atoms with van der Waals surface area (Å²) in [6.45, 7) is 0. The van der Waals surface area contributed by atoms with Crippen LogP contribution in [0.25, 0.3) is 10.9 Å². The van der Waals surface area contributed by atoms with Crippen LogP contribution >= 0.6 is 0 Å². The number of anilines is 1. The van der Waals surface area contributed by atoms with Gasteiger partial charge >= 0.3 is 0 Å². The lowest BCUT2D eigenvalue weighted by atomic mass is 9.95. The number of nitrogens with one attached hydrogen (secondary N) is 2. The molecule has 1 aliphatic heterocycles. The fourth-order valence-corrected chi connectivity index (χ4v) is 2.38. The Hall–Kier alpha value is -2.30. The van der Waals surface area contributed by atoms with Crippen molar-refractivity contribution < 1.29 is 9.59 Å². The molecule has 1 unspecified atom stereocenters. The summed E-state index contributed by atoms with van der Waals surface area (Å²) in [5.41, 5.74) is 8.29. The molecule has 92 valence electrons. The second-order valence-corrected chi connectivity index (χ2v) is 4.54. The number of imide groups is 1. The molecule has 1 aliphatic rings. The number of aromatic amines is 1. The van der Waals surface area contributed by atoms with Crippen molar-refractivity contribution in [1.82, 2.24) is 10.3 Å². The Morgan fingerprint density at radius 1 is 1.28 bits per heavy atom. The SMILES string of the molecule is Nc1cccc2[nH]c(C3CCC(=O)NC3=O)cc12. The lowest BCUT2D eigenvalue weighted by Crippen LogP contribution is -2.39. The van der Waals surface area contributed by atoms with Gasteiger partial charge < -0.3 is 10.7 Å². The first-order chi connectivity index (χ1) is 8.65. The summed E-state index contributed by atoms with van der Waals surface area (Å²) in [4.78, 5) is 26.1. The molecule has 1 saturated heterocycles. The molecule has 2 aromatic rings. The molecule has 1 fully saturated rings. The zero-order valence-electron chi connectivity index (χ0n) is 9.69. The Balaban J connectivity index is 2.02. The van der Waals surface area contributed by atoms with Gasteiger partial charge in [0.2, 0.25) is 11.8 Å². The highest BCUT2D eigenvalue weighted by Gasteiger charge is 2.29. The maximum Gasteiger partial charge on any atom is 0.235 e. The van der Waals surface area contributed by atoms with Crippen LogP contribution in [0.5, 0.6) is 0 Å². The Bertz CT molecular complexity index is 645. The third kappa shape index (κ3) is 1.64. The summed E-state index contributed by atoms with van der Waals surface area (Å²) in [5.74, 6) is -0.738. The number of carbonyl (C=O) groups is 2. The van der Waals surface area contributed by atoms with Crippen LogP contribution in [0, 0.1) is 0 Å². The molecule has 0 spiro atoms. The van der Waals surface area contributed by atoms with Gasteiger partial charge in [0.15, 0.2) is 0 Å². The van der Waals surface area contributed by atoms with Crippen molar-refractivity contribution >= 4 is 28.4 Å². The van der Waals surface area contributed by atoms with E-state index in [0.29, 0.717) is 18.5 Å². The van der Waals surface area contributed by atoms with Crippen LogP contribution in [0.3, 0.4) is 0 Å². The number of piperidine rings is 1. The fourth-order valence-electron chi connectivity index (χ4n) is 2.38. The molecular weight excluding hydrogens is 230 g/mol. The van der Waals surface area contributed by atoms with Crippen LogP contribution in [0.2, 0.25) is 0 Å². The standard InChI is InChI=1S/C13H13N3O2/c14-9-2-1-3-10-8(9)6-11(15-10)7-4-5-12(17)16-13(7)18/h1-3,6-7,15H,4-5,14H2,(H,16,17,18). The molecular formula is C13H13N3O2. The van der Waals surface area contributed by atoms with E-state index in [2.05, 4.69) is 10.3 Å². The lowest BCUT2D eigenvalue weighted by Gasteiger charge is -2.19. The van der Waals surface area contributed by atoms with E-state index in [4.69, 9.17) is 5.73 Å². The van der Waals surface area contributed by atoms with E-state index in [0.717, 1.165) is 16.6 Å². The molecule has 1 aromatic heterocycles. The molecule has 2 heterocycles. The van der Waals surface area contributed by atoms with Crippen molar-refractivity contribution in [3.8, 4) is 0 Å². The smallest absolute Gasteiger partial charge is 0.235 e. The maximum atomic E-state index is 11.8. The highest BCUT2D eigenvalue weighted by Crippen LogP contribution is 2.29. The normalized spacial score (nSPS) is 20.1. The topological polar surface area (TPSA) is 88.0 Å². The highest BCUT2D eigenvalue weighted by atomic mass is 16.2.